The number of hydrogen-bond donors (Lipinski definition) is 0. The molecule has 3 nitrogen and oxygen atoms in total. The van der Waals surface area contributed by atoms with E-state index in [1.165, 1.54) is 12.1 Å². The Morgan fingerprint density at radius 3 is 2.18 bits per heavy atom. The van der Waals surface area contributed by atoms with E-state index in [0.717, 1.165) is 44.3 Å². The van der Waals surface area contributed by atoms with Crippen LogP contribution in [0.4, 0.5) is 4.39 Å². The number of halogens is 1. The second-order valence-corrected chi connectivity index (χ2v) is 10.5. The van der Waals surface area contributed by atoms with Gasteiger partial charge in [0.05, 0.1) is 5.58 Å². The molecule has 1 radical (unpaired) electrons. The molecule has 44 heavy (non-hydrogen) atoms. The summed E-state index contributed by atoms with van der Waals surface area (Å²) in [5, 5.41) is 1.76. The van der Waals surface area contributed by atoms with E-state index in [-0.39, 0.29) is 25.9 Å². The molecule has 0 fully saturated rings. The van der Waals surface area contributed by atoms with Crippen molar-refractivity contribution in [3.8, 4) is 22.5 Å². The van der Waals surface area contributed by atoms with E-state index in [1.807, 2.05) is 112 Å². The van der Waals surface area contributed by atoms with Crippen LogP contribution in [0.25, 0.3) is 44.5 Å². The molecule has 4 aromatic carbocycles. The molecule has 7 aromatic rings. The molecule has 0 bridgehead atoms. The van der Waals surface area contributed by atoms with Crippen molar-refractivity contribution in [1.29, 1.82) is 0 Å². The van der Waals surface area contributed by atoms with Crippen LogP contribution in [0.5, 0.6) is 0 Å². The Balaban J connectivity index is 0.000000179. The molecule has 0 aliphatic rings. The first-order chi connectivity index (χ1) is 21.6. The molecule has 221 valence electrons. The molecule has 1 unspecified atom stereocenters. The van der Waals surface area contributed by atoms with Crippen molar-refractivity contribution in [1.82, 2.24) is 9.97 Å². The Kier molecular flexibility index (Phi) is 8.95. The normalized spacial score (nSPS) is 13.2. The van der Waals surface area contributed by atoms with Crippen molar-refractivity contribution in [2.24, 2.45) is 0 Å². The zero-order valence-electron chi connectivity index (χ0n) is 26.6. The Labute approximate surface area is 274 Å². The summed E-state index contributed by atoms with van der Waals surface area (Å²) in [4.78, 5) is 8.81. The third kappa shape index (κ3) is 6.70. The first-order valence-electron chi connectivity index (χ1n) is 15.1. The molecule has 1 atom stereocenters. The molecule has 0 spiro atoms. The van der Waals surface area contributed by atoms with E-state index >= 15 is 0 Å². The summed E-state index contributed by atoms with van der Waals surface area (Å²) in [6, 6.07) is 39.8. The van der Waals surface area contributed by atoms with Crippen LogP contribution in [-0.4, -0.2) is 9.97 Å². The maximum Gasteiger partial charge on any atom is 0.126 e. The van der Waals surface area contributed by atoms with E-state index < -0.39 is 11.8 Å². The smallest absolute Gasteiger partial charge is 0.126 e. The molecular formula is C39H31FIrN2O-2. The molecule has 3 aromatic heterocycles. The largest absolute Gasteiger partial charge is 0.500 e. The standard InChI is InChI=1S/C20H15FNO.C19H16N.Ir/c1-12(2)13-8-9-22-18(10-13)17-5-3-4-16-15-7-6-14(21)11-19(15)23-20(16)17;1-15(16-8-4-2-5-9-16)18-12-13-20-19(14-18)17-10-6-3-7-11-17;/h3-4,6-12H,1-2H3;2-10,12-15H,1H3;/q2*-1;/i12D;15D;. The Morgan fingerprint density at radius 1 is 0.705 bits per heavy atom. The zero-order valence-corrected chi connectivity index (χ0v) is 27.0. The van der Waals surface area contributed by atoms with Gasteiger partial charge in [0.25, 0.3) is 0 Å². The van der Waals surface area contributed by atoms with Crippen molar-refractivity contribution in [3.63, 3.8) is 0 Å². The minimum atomic E-state index is -0.798. The summed E-state index contributed by atoms with van der Waals surface area (Å²) in [6.07, 6.45) is 3.46. The number of furan rings is 1. The fourth-order valence-corrected chi connectivity index (χ4v) is 5.00. The van der Waals surface area contributed by atoms with Gasteiger partial charge in [0.15, 0.2) is 0 Å². The molecule has 0 N–H and O–H groups in total. The summed E-state index contributed by atoms with van der Waals surface area (Å²) in [5.41, 5.74) is 7.10. The number of fused-ring (bicyclic) bond motifs is 3. The predicted molar refractivity (Wildman–Crippen MR) is 172 cm³/mol. The maximum absolute atomic E-state index is 13.5. The molecule has 0 saturated carbocycles. The van der Waals surface area contributed by atoms with Gasteiger partial charge in [-0.25, -0.2) is 4.39 Å². The zero-order chi connectivity index (χ0) is 31.6. The first kappa shape index (κ1) is 28.3. The van der Waals surface area contributed by atoms with Crippen LogP contribution in [0.2, 0.25) is 0 Å². The number of benzene rings is 4. The van der Waals surface area contributed by atoms with Gasteiger partial charge in [0, 0.05) is 52.6 Å². The molecule has 5 heteroatoms. The van der Waals surface area contributed by atoms with Gasteiger partial charge in [-0.2, -0.15) is 0 Å². The third-order valence-corrected chi connectivity index (χ3v) is 7.37. The van der Waals surface area contributed by atoms with Crippen LogP contribution in [0, 0.1) is 17.9 Å². The van der Waals surface area contributed by atoms with Crippen LogP contribution in [-0.2, 0) is 20.1 Å². The summed E-state index contributed by atoms with van der Waals surface area (Å²) in [5.74, 6) is -1.85. The fourth-order valence-electron chi connectivity index (χ4n) is 5.00. The molecular weight excluding hydrogens is 724 g/mol. The first-order valence-corrected chi connectivity index (χ1v) is 14.1. The predicted octanol–water partition coefficient (Wildman–Crippen LogP) is 10.4. The number of pyridine rings is 2. The number of nitrogens with zero attached hydrogens (tertiary/aromatic N) is 2. The van der Waals surface area contributed by atoms with Gasteiger partial charge in [-0.15, -0.1) is 54.1 Å². The van der Waals surface area contributed by atoms with Crippen molar-refractivity contribution in [2.75, 3.05) is 0 Å². The molecule has 7 rings (SSSR count). The Morgan fingerprint density at radius 2 is 1.43 bits per heavy atom. The summed E-state index contributed by atoms with van der Waals surface area (Å²) < 4.78 is 36.3. The van der Waals surface area contributed by atoms with E-state index in [1.54, 1.807) is 18.5 Å². The minimum Gasteiger partial charge on any atom is -0.500 e. The second kappa shape index (κ2) is 13.9. The average molecular weight is 757 g/mol. The van der Waals surface area contributed by atoms with Crippen LogP contribution in [0.15, 0.2) is 126 Å². The summed E-state index contributed by atoms with van der Waals surface area (Å²) >= 11 is 0. The maximum atomic E-state index is 13.5. The van der Waals surface area contributed by atoms with Crippen molar-refractivity contribution in [3.05, 3.63) is 156 Å². The van der Waals surface area contributed by atoms with Crippen molar-refractivity contribution < 1.29 is 31.7 Å². The molecule has 3 heterocycles. The van der Waals surface area contributed by atoms with Gasteiger partial charge >= 0.3 is 0 Å². The number of hydrogen-bond acceptors (Lipinski definition) is 3. The minimum absolute atomic E-state index is 0. The molecule has 0 aliphatic carbocycles. The van der Waals surface area contributed by atoms with E-state index in [4.69, 9.17) is 7.16 Å². The molecule has 0 saturated heterocycles. The van der Waals surface area contributed by atoms with Gasteiger partial charge in [-0.1, -0.05) is 79.7 Å². The number of aromatic nitrogens is 2. The topological polar surface area (TPSA) is 38.9 Å². The van der Waals surface area contributed by atoms with Crippen LogP contribution in [0.3, 0.4) is 0 Å². The van der Waals surface area contributed by atoms with E-state index in [2.05, 4.69) is 22.1 Å². The van der Waals surface area contributed by atoms with Crippen molar-refractivity contribution >= 4 is 21.9 Å². The van der Waals surface area contributed by atoms with Crippen molar-refractivity contribution in [2.45, 2.75) is 32.6 Å². The van der Waals surface area contributed by atoms with Crippen LogP contribution < -0.4 is 0 Å². The van der Waals surface area contributed by atoms with Crippen LogP contribution in [0.1, 0.15) is 52.0 Å². The molecule has 0 aliphatic heterocycles. The van der Waals surface area contributed by atoms with E-state index in [9.17, 15) is 4.39 Å². The van der Waals surface area contributed by atoms with Gasteiger partial charge in [-0.05, 0) is 52.7 Å². The summed E-state index contributed by atoms with van der Waals surface area (Å²) in [6.45, 7) is 5.58. The van der Waals surface area contributed by atoms with Gasteiger partial charge in [-0.3, -0.25) is 0 Å². The van der Waals surface area contributed by atoms with Crippen LogP contribution >= 0.6 is 0 Å². The van der Waals surface area contributed by atoms with Gasteiger partial charge < -0.3 is 14.4 Å². The summed E-state index contributed by atoms with van der Waals surface area (Å²) in [7, 11) is 0. The van der Waals surface area contributed by atoms with E-state index in [0.29, 0.717) is 16.9 Å². The Bertz CT molecular complexity index is 2090. The average Bonchev–Trinajstić information content (AvgIpc) is 3.43. The number of rotatable bonds is 5. The Hall–Kier alpha value is -4.44. The quantitative estimate of drug-likeness (QED) is 0.164. The second-order valence-electron chi connectivity index (χ2n) is 10.5. The SMILES string of the molecule is [2H]C(C)(C)c1ccnc(-c2[c-]ccc3c2oc2cc(F)ccc23)c1.[2H]C(C)(c1ccccc1)c1ccnc(-c2[c-]cccc2)c1.[Ir]. The fraction of sp³-hybridized carbons (Fsp3) is 0.128. The molecule has 0 amide bonds. The monoisotopic (exact) mass is 757 g/mol. The van der Waals surface area contributed by atoms with Gasteiger partial charge in [0.1, 0.15) is 11.4 Å². The van der Waals surface area contributed by atoms with Gasteiger partial charge in [0.2, 0.25) is 0 Å². The third-order valence-electron chi connectivity index (χ3n) is 7.37.